The van der Waals surface area contributed by atoms with Gasteiger partial charge in [-0.1, -0.05) is 20.8 Å². The van der Waals surface area contributed by atoms with Crippen LogP contribution in [0.3, 0.4) is 0 Å². The van der Waals surface area contributed by atoms with Gasteiger partial charge in [0.25, 0.3) is 0 Å². The monoisotopic (exact) mass is 244 g/mol. The number of nitrogens with two attached hydrogens (primary N) is 1. The second-order valence-corrected chi connectivity index (χ2v) is 7.13. The highest BCUT2D eigenvalue weighted by Gasteiger charge is 2.28. The molecule has 0 aromatic rings. The van der Waals surface area contributed by atoms with E-state index in [0.29, 0.717) is 4.75 Å². The molecule has 0 radical (unpaired) electrons. The Hall–Kier alpha value is -0.220. The summed E-state index contributed by atoms with van der Waals surface area (Å²) in [6.07, 6.45) is 1.06. The quantitative estimate of drug-likeness (QED) is 0.804. The van der Waals surface area contributed by atoms with Gasteiger partial charge in [0.15, 0.2) is 0 Å². The lowest BCUT2D eigenvalue weighted by molar-refractivity contribution is -0.135. The molecule has 2 N–H and O–H groups in total. The van der Waals surface area contributed by atoms with Crippen molar-refractivity contribution >= 4 is 17.7 Å². The molecule has 1 amide bonds. The molecule has 2 atom stereocenters. The van der Waals surface area contributed by atoms with E-state index in [0.717, 1.165) is 25.3 Å². The molecule has 0 aliphatic carbocycles. The molecule has 1 aliphatic heterocycles. The lowest BCUT2D eigenvalue weighted by atomic mass is 10.0. The van der Waals surface area contributed by atoms with E-state index in [1.807, 2.05) is 30.5 Å². The van der Waals surface area contributed by atoms with Gasteiger partial charge in [0, 0.05) is 29.6 Å². The molecule has 94 valence electrons. The van der Waals surface area contributed by atoms with Gasteiger partial charge >= 0.3 is 0 Å². The van der Waals surface area contributed by atoms with Gasteiger partial charge in [-0.3, -0.25) is 4.79 Å². The minimum atomic E-state index is -0.0637. The summed E-state index contributed by atoms with van der Waals surface area (Å²) in [5.74, 6) is 1.18. The van der Waals surface area contributed by atoms with E-state index >= 15 is 0 Å². The van der Waals surface area contributed by atoms with E-state index in [4.69, 9.17) is 5.73 Å². The number of rotatable bonds is 2. The van der Waals surface area contributed by atoms with E-state index in [2.05, 4.69) is 13.8 Å². The molecule has 0 spiro atoms. The number of hydrogen-bond acceptors (Lipinski definition) is 3. The van der Waals surface area contributed by atoms with Gasteiger partial charge in [-0.25, -0.2) is 0 Å². The molecule has 3 nitrogen and oxygen atoms in total. The van der Waals surface area contributed by atoms with Crippen LogP contribution in [0.5, 0.6) is 0 Å². The van der Waals surface area contributed by atoms with E-state index in [9.17, 15) is 4.79 Å². The zero-order valence-corrected chi connectivity index (χ0v) is 11.6. The Morgan fingerprint density at radius 3 is 2.56 bits per heavy atom. The second-order valence-electron chi connectivity index (χ2n) is 5.33. The van der Waals surface area contributed by atoms with Gasteiger partial charge in [0.2, 0.25) is 5.91 Å². The molecule has 1 rings (SSSR count). The molecule has 16 heavy (non-hydrogen) atoms. The van der Waals surface area contributed by atoms with E-state index < -0.39 is 0 Å². The highest BCUT2D eigenvalue weighted by atomic mass is 32.2. The molecule has 0 aromatic carbocycles. The van der Waals surface area contributed by atoms with Gasteiger partial charge < -0.3 is 10.6 Å². The molecule has 1 fully saturated rings. The summed E-state index contributed by atoms with van der Waals surface area (Å²) in [4.78, 5) is 14.1. The van der Waals surface area contributed by atoms with Crippen LogP contribution < -0.4 is 5.73 Å². The van der Waals surface area contributed by atoms with Crippen molar-refractivity contribution in [3.63, 3.8) is 0 Å². The van der Waals surface area contributed by atoms with Crippen molar-refractivity contribution in [3.05, 3.63) is 0 Å². The van der Waals surface area contributed by atoms with Crippen LogP contribution in [-0.4, -0.2) is 40.4 Å². The smallest absolute Gasteiger partial charge is 0.226 e. The summed E-state index contributed by atoms with van der Waals surface area (Å²) in [5, 5.41) is 0. The van der Waals surface area contributed by atoms with Gasteiger partial charge in [-0.05, 0) is 13.3 Å². The van der Waals surface area contributed by atoms with E-state index in [1.165, 1.54) is 0 Å². The summed E-state index contributed by atoms with van der Waals surface area (Å²) in [5.41, 5.74) is 5.78. The molecule has 0 saturated carbocycles. The van der Waals surface area contributed by atoms with Crippen LogP contribution in [0.1, 0.15) is 34.1 Å². The van der Waals surface area contributed by atoms with Crippen LogP contribution in [0.2, 0.25) is 0 Å². The predicted molar refractivity (Wildman–Crippen MR) is 70.5 cm³/mol. The molecule has 1 saturated heterocycles. The minimum absolute atomic E-state index is 0.0589. The molecule has 1 heterocycles. The first kappa shape index (κ1) is 13.8. The first-order valence-electron chi connectivity index (χ1n) is 6.02. The van der Waals surface area contributed by atoms with Crippen molar-refractivity contribution in [2.45, 2.75) is 44.9 Å². The summed E-state index contributed by atoms with van der Waals surface area (Å²) in [6, 6.07) is -0.0589. The number of hydrogen-bond donors (Lipinski definition) is 1. The van der Waals surface area contributed by atoms with Crippen molar-refractivity contribution < 1.29 is 4.79 Å². The highest BCUT2D eigenvalue weighted by molar-refractivity contribution is 8.00. The molecular weight excluding hydrogens is 220 g/mol. The van der Waals surface area contributed by atoms with Crippen LogP contribution in [0.15, 0.2) is 0 Å². The molecule has 2 unspecified atom stereocenters. The predicted octanol–water partition coefficient (Wildman–Crippen LogP) is 1.71. The number of carbonyl (C=O) groups is 1. The van der Waals surface area contributed by atoms with Crippen molar-refractivity contribution in [1.82, 2.24) is 4.90 Å². The average molecular weight is 244 g/mol. The maximum Gasteiger partial charge on any atom is 0.226 e. The minimum Gasteiger partial charge on any atom is -0.342 e. The summed E-state index contributed by atoms with van der Waals surface area (Å²) < 4.78 is 0.298. The van der Waals surface area contributed by atoms with Crippen LogP contribution in [0.4, 0.5) is 0 Å². The summed E-state index contributed by atoms with van der Waals surface area (Å²) in [6.45, 7) is 10.1. The third kappa shape index (κ3) is 3.67. The fraction of sp³-hybridized carbons (Fsp3) is 0.917. The Morgan fingerprint density at radius 1 is 1.38 bits per heavy atom. The third-order valence-corrected chi connectivity index (χ3v) is 4.70. The van der Waals surface area contributed by atoms with Gasteiger partial charge in [-0.2, -0.15) is 11.8 Å². The van der Waals surface area contributed by atoms with Gasteiger partial charge in [0.05, 0.1) is 5.92 Å². The Balaban J connectivity index is 2.58. The number of carbonyl (C=O) groups excluding carboxylic acids is 1. The Kier molecular flexibility index (Phi) is 4.68. The Labute approximate surface area is 103 Å². The zero-order chi connectivity index (χ0) is 12.3. The van der Waals surface area contributed by atoms with E-state index in [-0.39, 0.29) is 17.9 Å². The van der Waals surface area contributed by atoms with Crippen molar-refractivity contribution in [2.75, 3.05) is 18.8 Å². The maximum absolute atomic E-state index is 12.1. The molecule has 4 heteroatoms. The summed E-state index contributed by atoms with van der Waals surface area (Å²) >= 11 is 1.96. The first-order valence-corrected chi connectivity index (χ1v) is 7.00. The number of thioether (sulfide) groups is 1. The standard InChI is InChI=1S/C12H24N2OS/c1-9(10(2)13)11(15)14-6-5-12(3,4)16-8-7-14/h9-10H,5-8,13H2,1-4H3. The maximum atomic E-state index is 12.1. The van der Waals surface area contributed by atoms with Crippen molar-refractivity contribution in [1.29, 1.82) is 0 Å². The lowest BCUT2D eigenvalue weighted by Crippen LogP contribution is -2.42. The van der Waals surface area contributed by atoms with Gasteiger partial charge in [0.1, 0.15) is 0 Å². The molecule has 0 bridgehead atoms. The number of amides is 1. The molecule has 1 aliphatic rings. The van der Waals surface area contributed by atoms with E-state index in [1.54, 1.807) is 0 Å². The SMILES string of the molecule is CC(N)C(C)C(=O)N1CCSC(C)(C)CC1. The van der Waals surface area contributed by atoms with Gasteiger partial charge in [-0.15, -0.1) is 0 Å². The number of nitrogens with zero attached hydrogens (tertiary/aromatic N) is 1. The van der Waals surface area contributed by atoms with Crippen molar-refractivity contribution in [2.24, 2.45) is 11.7 Å². The zero-order valence-electron chi connectivity index (χ0n) is 10.8. The molecule has 0 aromatic heterocycles. The van der Waals surface area contributed by atoms with Crippen LogP contribution in [0.25, 0.3) is 0 Å². The topological polar surface area (TPSA) is 46.3 Å². The van der Waals surface area contributed by atoms with Crippen LogP contribution >= 0.6 is 11.8 Å². The van der Waals surface area contributed by atoms with Crippen molar-refractivity contribution in [3.8, 4) is 0 Å². The molecular formula is C12H24N2OS. The Bertz CT molecular complexity index is 253. The fourth-order valence-electron chi connectivity index (χ4n) is 1.75. The van der Waals surface area contributed by atoms with Crippen LogP contribution in [-0.2, 0) is 4.79 Å². The third-order valence-electron chi connectivity index (χ3n) is 3.33. The fourth-order valence-corrected chi connectivity index (χ4v) is 2.85. The first-order chi connectivity index (χ1) is 7.33. The average Bonchev–Trinajstić information content (AvgIpc) is 2.37. The largest absolute Gasteiger partial charge is 0.342 e. The summed E-state index contributed by atoms with van der Waals surface area (Å²) in [7, 11) is 0. The second kappa shape index (κ2) is 5.41. The normalized spacial score (nSPS) is 24.7. The highest BCUT2D eigenvalue weighted by Crippen LogP contribution is 2.31. The Morgan fingerprint density at radius 2 is 2.00 bits per heavy atom. The van der Waals surface area contributed by atoms with Crippen LogP contribution in [0, 0.1) is 5.92 Å². The lowest BCUT2D eigenvalue weighted by Gasteiger charge is -2.26.